The van der Waals surface area contributed by atoms with Gasteiger partial charge in [0.15, 0.2) is 0 Å². The molecule has 0 aromatic rings. The third kappa shape index (κ3) is 5.93. The molecule has 110 valence electrons. The lowest BCUT2D eigenvalue weighted by Crippen LogP contribution is -2.41. The number of nitrogens with one attached hydrogen (secondary N) is 1. The van der Waals surface area contributed by atoms with Gasteiger partial charge in [0.05, 0.1) is 6.07 Å². The van der Waals surface area contributed by atoms with Crippen LogP contribution in [0.1, 0.15) is 65.2 Å². The van der Waals surface area contributed by atoms with Gasteiger partial charge in [-0.05, 0) is 65.6 Å². The molecule has 3 heteroatoms. The Morgan fingerprint density at radius 2 is 2.00 bits per heavy atom. The maximum atomic E-state index is 9.27. The second-order valence-corrected chi connectivity index (χ2v) is 6.25. The molecule has 1 unspecified atom stereocenters. The van der Waals surface area contributed by atoms with E-state index in [0.717, 1.165) is 31.8 Å². The summed E-state index contributed by atoms with van der Waals surface area (Å²) < 4.78 is 0. The van der Waals surface area contributed by atoms with Gasteiger partial charge in [0, 0.05) is 6.04 Å². The molecule has 0 aromatic carbocycles. The van der Waals surface area contributed by atoms with Gasteiger partial charge in [-0.15, -0.1) is 0 Å². The molecule has 0 amide bonds. The smallest absolute Gasteiger partial charge is 0.103 e. The summed E-state index contributed by atoms with van der Waals surface area (Å²) in [6.07, 6.45) is 9.96. The van der Waals surface area contributed by atoms with Crippen molar-refractivity contribution in [3.05, 3.63) is 0 Å². The lowest BCUT2D eigenvalue weighted by molar-refractivity contribution is 0.237. The van der Waals surface area contributed by atoms with E-state index >= 15 is 0 Å². The maximum Gasteiger partial charge on any atom is 0.103 e. The number of hydrogen-bond acceptors (Lipinski definition) is 3. The largest absolute Gasteiger partial charge is 0.303 e. The first-order valence-electron chi connectivity index (χ1n) is 7.98. The van der Waals surface area contributed by atoms with Gasteiger partial charge in [0.25, 0.3) is 0 Å². The first-order valence-corrected chi connectivity index (χ1v) is 7.98. The van der Waals surface area contributed by atoms with Gasteiger partial charge < -0.3 is 4.90 Å². The molecule has 1 fully saturated rings. The van der Waals surface area contributed by atoms with E-state index in [2.05, 4.69) is 30.3 Å². The summed E-state index contributed by atoms with van der Waals surface area (Å²) in [6.45, 7) is 6.29. The summed E-state index contributed by atoms with van der Waals surface area (Å²) in [5, 5.41) is 12.6. The van der Waals surface area contributed by atoms with Crippen molar-refractivity contribution in [2.24, 2.45) is 0 Å². The van der Waals surface area contributed by atoms with E-state index in [-0.39, 0.29) is 5.54 Å². The number of hydrogen-bond donors (Lipinski definition) is 1. The zero-order valence-electron chi connectivity index (χ0n) is 13.0. The number of unbranched alkanes of at least 4 members (excludes halogenated alkanes) is 1. The highest BCUT2D eigenvalue weighted by atomic mass is 15.1. The Hall–Kier alpha value is -0.590. The zero-order valence-corrected chi connectivity index (χ0v) is 13.0. The average Bonchev–Trinajstić information content (AvgIpc) is 2.95. The van der Waals surface area contributed by atoms with Crippen molar-refractivity contribution in [1.82, 2.24) is 10.2 Å². The second kappa shape index (κ2) is 8.55. The molecular formula is C16H31N3. The Bertz CT molecular complexity index is 278. The Labute approximate surface area is 119 Å². The van der Waals surface area contributed by atoms with E-state index in [4.69, 9.17) is 0 Å². The summed E-state index contributed by atoms with van der Waals surface area (Å²) in [5.41, 5.74) is -0.331. The van der Waals surface area contributed by atoms with Gasteiger partial charge in [0.2, 0.25) is 0 Å². The Morgan fingerprint density at radius 3 is 2.58 bits per heavy atom. The third-order valence-corrected chi connectivity index (χ3v) is 4.40. The van der Waals surface area contributed by atoms with Gasteiger partial charge in [-0.3, -0.25) is 5.32 Å². The van der Waals surface area contributed by atoms with Crippen molar-refractivity contribution in [2.45, 2.75) is 76.8 Å². The molecule has 0 bridgehead atoms. The normalized spacial score (nSPS) is 19.5. The summed E-state index contributed by atoms with van der Waals surface area (Å²) in [4.78, 5) is 2.52. The average molecular weight is 265 g/mol. The van der Waals surface area contributed by atoms with E-state index in [9.17, 15) is 5.26 Å². The predicted octanol–water partition coefficient (Wildman–Crippen LogP) is 3.31. The first kappa shape index (κ1) is 16.5. The first-order chi connectivity index (χ1) is 9.11. The number of nitriles is 1. The fraction of sp³-hybridized carbons (Fsp3) is 0.938. The van der Waals surface area contributed by atoms with Crippen LogP contribution in [-0.2, 0) is 0 Å². The molecule has 3 nitrogen and oxygen atoms in total. The fourth-order valence-electron chi connectivity index (χ4n) is 2.95. The standard InChI is InChI=1S/C16H31N3/c1-4-12-18-16(2,14-17)11-7-8-13-19(3)15-9-5-6-10-15/h15,18H,4-13H2,1-3H3. The van der Waals surface area contributed by atoms with Gasteiger partial charge in [0.1, 0.15) is 5.54 Å². The van der Waals surface area contributed by atoms with Crippen LogP contribution in [0.25, 0.3) is 0 Å². The summed E-state index contributed by atoms with van der Waals surface area (Å²) >= 11 is 0. The van der Waals surface area contributed by atoms with E-state index in [1.807, 2.05) is 6.92 Å². The lowest BCUT2D eigenvalue weighted by Gasteiger charge is -2.26. The van der Waals surface area contributed by atoms with Crippen molar-refractivity contribution >= 4 is 0 Å². The Balaban J connectivity index is 2.16. The molecule has 0 aromatic heterocycles. The quantitative estimate of drug-likeness (QED) is 0.650. The third-order valence-electron chi connectivity index (χ3n) is 4.40. The molecule has 1 saturated carbocycles. The minimum atomic E-state index is -0.331. The van der Waals surface area contributed by atoms with Crippen LogP contribution < -0.4 is 5.32 Å². The summed E-state index contributed by atoms with van der Waals surface area (Å²) in [7, 11) is 2.26. The highest BCUT2D eigenvalue weighted by Gasteiger charge is 2.22. The van der Waals surface area contributed by atoms with Crippen LogP contribution in [0, 0.1) is 11.3 Å². The van der Waals surface area contributed by atoms with Crippen LogP contribution in [-0.4, -0.2) is 36.6 Å². The van der Waals surface area contributed by atoms with Gasteiger partial charge in [-0.1, -0.05) is 19.8 Å². The minimum Gasteiger partial charge on any atom is -0.303 e. The van der Waals surface area contributed by atoms with Crippen molar-refractivity contribution in [3.63, 3.8) is 0 Å². The van der Waals surface area contributed by atoms with Gasteiger partial charge in [-0.25, -0.2) is 0 Å². The molecule has 0 heterocycles. The van der Waals surface area contributed by atoms with E-state index in [0.29, 0.717) is 0 Å². The van der Waals surface area contributed by atoms with Crippen molar-refractivity contribution < 1.29 is 0 Å². The van der Waals surface area contributed by atoms with E-state index in [1.54, 1.807) is 0 Å². The van der Waals surface area contributed by atoms with Crippen molar-refractivity contribution in [3.8, 4) is 6.07 Å². The molecule has 1 aliphatic rings. The summed E-state index contributed by atoms with van der Waals surface area (Å²) in [6, 6.07) is 3.25. The maximum absolute atomic E-state index is 9.27. The Kier molecular flexibility index (Phi) is 7.41. The second-order valence-electron chi connectivity index (χ2n) is 6.25. The van der Waals surface area contributed by atoms with Crippen LogP contribution in [0.3, 0.4) is 0 Å². The molecule has 1 atom stereocenters. The van der Waals surface area contributed by atoms with E-state index in [1.165, 1.54) is 38.6 Å². The molecule has 0 radical (unpaired) electrons. The molecule has 0 spiro atoms. The van der Waals surface area contributed by atoms with Crippen LogP contribution >= 0.6 is 0 Å². The molecule has 19 heavy (non-hydrogen) atoms. The van der Waals surface area contributed by atoms with Crippen LogP contribution in [0.5, 0.6) is 0 Å². The van der Waals surface area contributed by atoms with Crippen LogP contribution in [0.4, 0.5) is 0 Å². The monoisotopic (exact) mass is 265 g/mol. The minimum absolute atomic E-state index is 0.331. The van der Waals surface area contributed by atoms with Crippen LogP contribution in [0.2, 0.25) is 0 Å². The van der Waals surface area contributed by atoms with Gasteiger partial charge >= 0.3 is 0 Å². The molecule has 1 rings (SSSR count). The van der Waals surface area contributed by atoms with Crippen molar-refractivity contribution in [2.75, 3.05) is 20.1 Å². The SMILES string of the molecule is CCCNC(C)(C#N)CCCCN(C)C1CCCC1. The fourth-order valence-corrected chi connectivity index (χ4v) is 2.95. The number of rotatable bonds is 9. The lowest BCUT2D eigenvalue weighted by atomic mass is 9.96. The molecule has 0 saturated heterocycles. The highest BCUT2D eigenvalue weighted by molar-refractivity contribution is 5.03. The topological polar surface area (TPSA) is 39.1 Å². The molecular weight excluding hydrogens is 234 g/mol. The Morgan fingerprint density at radius 1 is 1.32 bits per heavy atom. The molecule has 1 N–H and O–H groups in total. The predicted molar refractivity (Wildman–Crippen MR) is 81.0 cm³/mol. The molecule has 1 aliphatic carbocycles. The van der Waals surface area contributed by atoms with E-state index < -0.39 is 0 Å². The summed E-state index contributed by atoms with van der Waals surface area (Å²) in [5.74, 6) is 0. The van der Waals surface area contributed by atoms with Gasteiger partial charge in [-0.2, -0.15) is 5.26 Å². The van der Waals surface area contributed by atoms with Crippen LogP contribution in [0.15, 0.2) is 0 Å². The highest BCUT2D eigenvalue weighted by Crippen LogP contribution is 2.23. The van der Waals surface area contributed by atoms with Crippen molar-refractivity contribution in [1.29, 1.82) is 5.26 Å². The number of nitrogens with zero attached hydrogens (tertiary/aromatic N) is 2. The molecule has 0 aliphatic heterocycles. The zero-order chi connectivity index (χ0) is 14.1.